The number of nitrogens with one attached hydrogen (secondary N) is 1. The second-order valence-corrected chi connectivity index (χ2v) is 5.31. The number of nitrogens with zero attached hydrogens (tertiary/aromatic N) is 1. The zero-order chi connectivity index (χ0) is 12.1. The molecular formula is C15H16N2O. The predicted molar refractivity (Wildman–Crippen MR) is 69.6 cm³/mol. The molecule has 0 radical (unpaired) electrons. The number of carbonyl (C=O) groups is 1. The molecule has 1 atom stereocenters. The molecule has 1 unspecified atom stereocenters. The van der Waals surface area contributed by atoms with Crippen LogP contribution in [0.5, 0.6) is 0 Å². The maximum Gasteiger partial charge on any atom is 0.256 e. The standard InChI is InChI=1S/C15H16N2O/c18-15-13-11-6-2-1-5-10(11)9-16-14(13)12-7-3-4-8-17(12)15/h1-2,5-6,12,16H,3-4,7-9H2. The van der Waals surface area contributed by atoms with Crippen LogP contribution in [0, 0.1) is 0 Å². The molecule has 1 saturated heterocycles. The van der Waals surface area contributed by atoms with Crippen LogP contribution >= 0.6 is 0 Å². The van der Waals surface area contributed by atoms with Gasteiger partial charge >= 0.3 is 0 Å². The molecular weight excluding hydrogens is 224 g/mol. The fourth-order valence-electron chi connectivity index (χ4n) is 3.48. The van der Waals surface area contributed by atoms with Crippen molar-refractivity contribution in [3.05, 3.63) is 41.1 Å². The summed E-state index contributed by atoms with van der Waals surface area (Å²) in [5.74, 6) is 0.231. The SMILES string of the molecule is O=C1C2=C(NCc3ccccc32)C2CCCCN12. The zero-order valence-corrected chi connectivity index (χ0v) is 10.3. The van der Waals surface area contributed by atoms with Gasteiger partial charge in [0, 0.05) is 18.8 Å². The summed E-state index contributed by atoms with van der Waals surface area (Å²) in [5, 5.41) is 3.48. The largest absolute Gasteiger partial charge is 0.382 e. The van der Waals surface area contributed by atoms with Crippen LogP contribution in [0.1, 0.15) is 30.4 Å². The third kappa shape index (κ3) is 1.22. The second kappa shape index (κ2) is 3.61. The maximum absolute atomic E-state index is 12.6. The average Bonchev–Trinajstić information content (AvgIpc) is 2.73. The monoisotopic (exact) mass is 240 g/mol. The lowest BCUT2D eigenvalue weighted by atomic mass is 9.93. The summed E-state index contributed by atoms with van der Waals surface area (Å²) in [6.07, 6.45) is 3.48. The highest BCUT2D eigenvalue weighted by Gasteiger charge is 2.42. The van der Waals surface area contributed by atoms with Crippen LogP contribution in [-0.4, -0.2) is 23.4 Å². The van der Waals surface area contributed by atoms with Crippen molar-refractivity contribution in [2.45, 2.75) is 31.8 Å². The van der Waals surface area contributed by atoms with Gasteiger partial charge in [-0.1, -0.05) is 24.3 Å². The predicted octanol–water partition coefficient (Wildman–Crippen LogP) is 1.90. The number of hydrogen-bond donors (Lipinski definition) is 1. The first-order valence-corrected chi connectivity index (χ1v) is 6.73. The van der Waals surface area contributed by atoms with Crippen molar-refractivity contribution < 1.29 is 4.79 Å². The molecule has 3 heterocycles. The molecule has 0 saturated carbocycles. The topological polar surface area (TPSA) is 32.3 Å². The molecule has 3 heteroatoms. The van der Waals surface area contributed by atoms with Gasteiger partial charge in [0.25, 0.3) is 5.91 Å². The Labute approximate surface area is 106 Å². The van der Waals surface area contributed by atoms with E-state index in [0.717, 1.165) is 37.1 Å². The van der Waals surface area contributed by atoms with Crippen molar-refractivity contribution in [1.29, 1.82) is 0 Å². The number of benzene rings is 1. The van der Waals surface area contributed by atoms with E-state index in [4.69, 9.17) is 0 Å². The van der Waals surface area contributed by atoms with Gasteiger partial charge in [-0.2, -0.15) is 0 Å². The van der Waals surface area contributed by atoms with Gasteiger partial charge in [0.15, 0.2) is 0 Å². The van der Waals surface area contributed by atoms with Gasteiger partial charge in [-0.15, -0.1) is 0 Å². The molecule has 0 spiro atoms. The molecule has 0 bridgehead atoms. The first-order valence-electron chi connectivity index (χ1n) is 6.73. The van der Waals surface area contributed by atoms with E-state index in [1.165, 1.54) is 17.7 Å². The number of fused-ring (bicyclic) bond motifs is 4. The van der Waals surface area contributed by atoms with Crippen LogP contribution in [0.25, 0.3) is 5.57 Å². The zero-order valence-electron chi connectivity index (χ0n) is 10.3. The molecule has 0 aliphatic carbocycles. The number of hydrogen-bond acceptors (Lipinski definition) is 2. The minimum absolute atomic E-state index is 0.231. The summed E-state index contributed by atoms with van der Waals surface area (Å²) in [7, 11) is 0. The van der Waals surface area contributed by atoms with E-state index in [9.17, 15) is 4.79 Å². The summed E-state index contributed by atoms with van der Waals surface area (Å²) >= 11 is 0. The quantitative estimate of drug-likeness (QED) is 0.751. The average molecular weight is 240 g/mol. The van der Waals surface area contributed by atoms with Crippen LogP contribution in [-0.2, 0) is 11.3 Å². The van der Waals surface area contributed by atoms with Crippen molar-refractivity contribution in [2.75, 3.05) is 6.54 Å². The lowest BCUT2D eigenvalue weighted by Crippen LogP contribution is -2.41. The molecule has 1 aromatic rings. The minimum atomic E-state index is 0.231. The molecule has 1 fully saturated rings. The molecule has 3 aliphatic heterocycles. The molecule has 3 nitrogen and oxygen atoms in total. The van der Waals surface area contributed by atoms with Gasteiger partial charge < -0.3 is 10.2 Å². The van der Waals surface area contributed by atoms with Gasteiger partial charge in [-0.3, -0.25) is 4.79 Å². The summed E-state index contributed by atoms with van der Waals surface area (Å²) in [6.45, 7) is 1.77. The number of amides is 1. The third-order valence-corrected chi connectivity index (χ3v) is 4.34. The second-order valence-electron chi connectivity index (χ2n) is 5.31. The van der Waals surface area contributed by atoms with Crippen molar-refractivity contribution >= 4 is 11.5 Å². The number of carbonyl (C=O) groups excluding carboxylic acids is 1. The molecule has 18 heavy (non-hydrogen) atoms. The van der Waals surface area contributed by atoms with Gasteiger partial charge in [-0.25, -0.2) is 0 Å². The Morgan fingerprint density at radius 2 is 2.11 bits per heavy atom. The molecule has 1 aromatic carbocycles. The molecule has 1 N–H and O–H groups in total. The van der Waals surface area contributed by atoms with Crippen LogP contribution in [0.4, 0.5) is 0 Å². The smallest absolute Gasteiger partial charge is 0.256 e. The van der Waals surface area contributed by atoms with E-state index in [2.05, 4.69) is 22.3 Å². The summed E-state index contributed by atoms with van der Waals surface area (Å²) in [4.78, 5) is 14.6. The molecule has 92 valence electrons. The van der Waals surface area contributed by atoms with E-state index in [1.807, 2.05) is 12.1 Å². The Bertz CT molecular complexity index is 561. The van der Waals surface area contributed by atoms with Crippen molar-refractivity contribution in [3.63, 3.8) is 0 Å². The first-order chi connectivity index (χ1) is 8.86. The summed E-state index contributed by atoms with van der Waals surface area (Å²) in [5.41, 5.74) is 4.50. The lowest BCUT2D eigenvalue weighted by Gasteiger charge is -2.31. The van der Waals surface area contributed by atoms with Crippen LogP contribution in [0.3, 0.4) is 0 Å². The minimum Gasteiger partial charge on any atom is -0.382 e. The van der Waals surface area contributed by atoms with E-state index in [1.54, 1.807) is 0 Å². The van der Waals surface area contributed by atoms with E-state index >= 15 is 0 Å². The Kier molecular flexibility index (Phi) is 2.04. The first kappa shape index (κ1) is 10.2. The van der Waals surface area contributed by atoms with Gasteiger partial charge in [0.1, 0.15) is 0 Å². The van der Waals surface area contributed by atoms with Crippen LogP contribution in [0.2, 0.25) is 0 Å². The van der Waals surface area contributed by atoms with E-state index in [-0.39, 0.29) is 5.91 Å². The van der Waals surface area contributed by atoms with Gasteiger partial charge in [-0.05, 0) is 30.4 Å². The van der Waals surface area contributed by atoms with Crippen LogP contribution in [0.15, 0.2) is 30.0 Å². The third-order valence-electron chi connectivity index (χ3n) is 4.34. The summed E-state index contributed by atoms with van der Waals surface area (Å²) in [6, 6.07) is 8.58. The maximum atomic E-state index is 12.6. The van der Waals surface area contributed by atoms with Crippen molar-refractivity contribution in [1.82, 2.24) is 10.2 Å². The highest BCUT2D eigenvalue weighted by Crippen LogP contribution is 2.39. The van der Waals surface area contributed by atoms with E-state index < -0.39 is 0 Å². The van der Waals surface area contributed by atoms with Crippen molar-refractivity contribution in [3.8, 4) is 0 Å². The Balaban J connectivity index is 1.87. The van der Waals surface area contributed by atoms with Gasteiger partial charge in [0.2, 0.25) is 0 Å². The van der Waals surface area contributed by atoms with Crippen LogP contribution < -0.4 is 5.32 Å². The fraction of sp³-hybridized carbons (Fsp3) is 0.400. The summed E-state index contributed by atoms with van der Waals surface area (Å²) < 4.78 is 0. The molecule has 3 aliphatic rings. The Morgan fingerprint density at radius 3 is 3.06 bits per heavy atom. The molecule has 1 amide bonds. The number of rotatable bonds is 0. The highest BCUT2D eigenvalue weighted by atomic mass is 16.2. The molecule has 0 aromatic heterocycles. The Hall–Kier alpha value is -1.77. The van der Waals surface area contributed by atoms with E-state index in [0.29, 0.717) is 6.04 Å². The normalized spacial score (nSPS) is 25.4. The Morgan fingerprint density at radius 1 is 1.22 bits per heavy atom. The highest BCUT2D eigenvalue weighted by molar-refractivity contribution is 6.23. The van der Waals surface area contributed by atoms with Crippen molar-refractivity contribution in [2.24, 2.45) is 0 Å². The fourth-order valence-corrected chi connectivity index (χ4v) is 3.48. The lowest BCUT2D eigenvalue weighted by molar-refractivity contribution is -0.126. The molecule has 4 rings (SSSR count). The van der Waals surface area contributed by atoms with Gasteiger partial charge in [0.05, 0.1) is 11.6 Å². The number of piperidine rings is 1.